The molecule has 1 spiro atoms. The number of hydrogen-bond acceptors (Lipinski definition) is 5. The first-order valence-electron chi connectivity index (χ1n) is 7.79. The first-order valence-corrected chi connectivity index (χ1v) is 7.79. The maximum atomic E-state index is 4.68. The molecule has 1 aromatic heterocycles. The van der Waals surface area contributed by atoms with Gasteiger partial charge in [-0.05, 0) is 26.7 Å². The molecule has 2 N–H and O–H groups in total. The highest BCUT2D eigenvalue weighted by Gasteiger charge is 2.47. The summed E-state index contributed by atoms with van der Waals surface area (Å²) >= 11 is 0. The van der Waals surface area contributed by atoms with Crippen molar-refractivity contribution in [3.8, 4) is 0 Å². The van der Waals surface area contributed by atoms with Gasteiger partial charge in [0.15, 0.2) is 0 Å². The Labute approximate surface area is 120 Å². The van der Waals surface area contributed by atoms with Crippen LogP contribution in [0.2, 0.25) is 0 Å². The molecule has 5 heteroatoms. The van der Waals surface area contributed by atoms with Crippen LogP contribution < -0.4 is 15.5 Å². The van der Waals surface area contributed by atoms with Gasteiger partial charge in [0.25, 0.3) is 0 Å². The Hall–Kier alpha value is -1.36. The summed E-state index contributed by atoms with van der Waals surface area (Å²) in [4.78, 5) is 11.6. The first-order chi connectivity index (χ1) is 9.70. The van der Waals surface area contributed by atoms with Crippen molar-refractivity contribution >= 4 is 11.6 Å². The molecule has 1 aliphatic carbocycles. The smallest absolute Gasteiger partial charge is 0.138 e. The van der Waals surface area contributed by atoms with Gasteiger partial charge in [0.05, 0.1) is 0 Å². The zero-order valence-electron chi connectivity index (χ0n) is 12.3. The Bertz CT molecular complexity index is 525. The summed E-state index contributed by atoms with van der Waals surface area (Å²) in [5.74, 6) is 2.26. The standard InChI is InChI=1S/C15H23N5/c1-10-7-20(11(2)6-16-10)14-12-13(18-9-19-14)17-8-15(12)4-3-5-15/h9-11,16H,3-8H2,1-2H3,(H,17,18,19)/t10-,11+/m1/s1. The average molecular weight is 273 g/mol. The largest absolute Gasteiger partial charge is 0.369 e. The third-order valence-electron chi connectivity index (χ3n) is 5.30. The van der Waals surface area contributed by atoms with Crippen molar-refractivity contribution in [2.24, 2.45) is 0 Å². The van der Waals surface area contributed by atoms with Gasteiger partial charge in [-0.1, -0.05) is 6.42 Å². The minimum absolute atomic E-state index is 0.319. The number of hydrogen-bond donors (Lipinski definition) is 2. The molecule has 2 fully saturated rings. The van der Waals surface area contributed by atoms with Gasteiger partial charge >= 0.3 is 0 Å². The molecule has 0 unspecified atom stereocenters. The van der Waals surface area contributed by atoms with E-state index in [4.69, 9.17) is 0 Å². The average Bonchev–Trinajstić information content (AvgIpc) is 2.81. The van der Waals surface area contributed by atoms with Crippen molar-refractivity contribution in [1.82, 2.24) is 15.3 Å². The quantitative estimate of drug-likeness (QED) is 0.812. The second-order valence-corrected chi connectivity index (χ2v) is 6.72. The van der Waals surface area contributed by atoms with Gasteiger partial charge in [-0.25, -0.2) is 9.97 Å². The normalized spacial score (nSPS) is 30.8. The summed E-state index contributed by atoms with van der Waals surface area (Å²) in [6.07, 6.45) is 5.62. The van der Waals surface area contributed by atoms with E-state index in [-0.39, 0.29) is 0 Å². The third-order valence-corrected chi connectivity index (χ3v) is 5.30. The van der Waals surface area contributed by atoms with Gasteiger partial charge in [-0.2, -0.15) is 0 Å². The van der Waals surface area contributed by atoms with Crippen molar-refractivity contribution in [2.45, 2.75) is 50.6 Å². The number of piperazine rings is 1. The second kappa shape index (κ2) is 4.32. The lowest BCUT2D eigenvalue weighted by Crippen LogP contribution is -2.55. The molecule has 1 saturated carbocycles. The summed E-state index contributed by atoms with van der Waals surface area (Å²) < 4.78 is 0. The second-order valence-electron chi connectivity index (χ2n) is 6.72. The molecule has 20 heavy (non-hydrogen) atoms. The van der Waals surface area contributed by atoms with E-state index in [0.717, 1.165) is 25.5 Å². The van der Waals surface area contributed by atoms with Crippen LogP contribution in [0.5, 0.6) is 0 Å². The van der Waals surface area contributed by atoms with Gasteiger partial charge in [-0.15, -0.1) is 0 Å². The van der Waals surface area contributed by atoms with E-state index in [0.29, 0.717) is 17.5 Å². The fraction of sp³-hybridized carbons (Fsp3) is 0.733. The lowest BCUT2D eigenvalue weighted by Gasteiger charge is -2.43. The van der Waals surface area contributed by atoms with E-state index in [2.05, 4.69) is 39.3 Å². The van der Waals surface area contributed by atoms with Crippen LogP contribution in [-0.4, -0.2) is 41.7 Å². The molecular weight excluding hydrogens is 250 g/mol. The number of nitrogens with zero attached hydrogens (tertiary/aromatic N) is 3. The molecule has 1 saturated heterocycles. The van der Waals surface area contributed by atoms with E-state index < -0.39 is 0 Å². The predicted molar refractivity (Wildman–Crippen MR) is 80.3 cm³/mol. The number of fused-ring (bicyclic) bond motifs is 2. The highest BCUT2D eigenvalue weighted by molar-refractivity contribution is 5.68. The molecule has 5 nitrogen and oxygen atoms in total. The minimum Gasteiger partial charge on any atom is -0.369 e. The molecule has 4 rings (SSSR count). The van der Waals surface area contributed by atoms with Crippen LogP contribution in [0.25, 0.3) is 0 Å². The van der Waals surface area contributed by atoms with Gasteiger partial charge < -0.3 is 15.5 Å². The SMILES string of the molecule is C[C@@H]1CN(c2ncnc3c2C2(CCC2)CN3)[C@@H](C)CN1. The lowest BCUT2D eigenvalue weighted by molar-refractivity contribution is 0.271. The Morgan fingerprint density at radius 1 is 1.30 bits per heavy atom. The van der Waals surface area contributed by atoms with E-state index >= 15 is 0 Å². The van der Waals surface area contributed by atoms with Crippen LogP contribution in [0.3, 0.4) is 0 Å². The molecule has 0 amide bonds. The maximum absolute atomic E-state index is 4.68. The van der Waals surface area contributed by atoms with E-state index in [9.17, 15) is 0 Å². The zero-order chi connectivity index (χ0) is 13.7. The van der Waals surface area contributed by atoms with Crippen LogP contribution in [0.4, 0.5) is 11.6 Å². The first kappa shape index (κ1) is 12.4. The number of rotatable bonds is 1. The van der Waals surface area contributed by atoms with E-state index in [1.807, 2.05) is 0 Å². The highest BCUT2D eigenvalue weighted by atomic mass is 15.3. The van der Waals surface area contributed by atoms with Crippen molar-refractivity contribution in [3.05, 3.63) is 11.9 Å². The lowest BCUT2D eigenvalue weighted by atomic mass is 9.66. The minimum atomic E-state index is 0.319. The fourth-order valence-electron chi connectivity index (χ4n) is 3.90. The number of anilines is 2. The number of aromatic nitrogens is 2. The maximum Gasteiger partial charge on any atom is 0.138 e. The Balaban J connectivity index is 1.77. The van der Waals surface area contributed by atoms with Gasteiger partial charge in [0, 0.05) is 42.7 Å². The Morgan fingerprint density at radius 3 is 2.90 bits per heavy atom. The zero-order valence-corrected chi connectivity index (χ0v) is 12.3. The van der Waals surface area contributed by atoms with Gasteiger partial charge in [-0.3, -0.25) is 0 Å². The van der Waals surface area contributed by atoms with Crippen LogP contribution in [0.1, 0.15) is 38.7 Å². The summed E-state index contributed by atoms with van der Waals surface area (Å²) in [5, 5.41) is 7.05. The molecule has 0 radical (unpaired) electrons. The van der Waals surface area contributed by atoms with Crippen LogP contribution in [0, 0.1) is 0 Å². The molecule has 108 valence electrons. The molecule has 1 aromatic rings. The molecule has 3 heterocycles. The van der Waals surface area contributed by atoms with Crippen LogP contribution >= 0.6 is 0 Å². The number of nitrogens with one attached hydrogen (secondary N) is 2. The van der Waals surface area contributed by atoms with Crippen molar-refractivity contribution < 1.29 is 0 Å². The predicted octanol–water partition coefficient (Wildman–Crippen LogP) is 1.51. The topological polar surface area (TPSA) is 53.1 Å². The molecular formula is C15H23N5. The third kappa shape index (κ3) is 1.65. The Morgan fingerprint density at radius 2 is 2.15 bits per heavy atom. The molecule has 2 aliphatic heterocycles. The van der Waals surface area contributed by atoms with E-state index in [1.54, 1.807) is 6.33 Å². The monoisotopic (exact) mass is 273 g/mol. The fourth-order valence-corrected chi connectivity index (χ4v) is 3.90. The van der Waals surface area contributed by atoms with Crippen molar-refractivity contribution in [1.29, 1.82) is 0 Å². The highest BCUT2D eigenvalue weighted by Crippen LogP contribution is 2.52. The van der Waals surface area contributed by atoms with Crippen molar-refractivity contribution in [2.75, 3.05) is 29.9 Å². The summed E-state index contributed by atoms with van der Waals surface area (Å²) in [7, 11) is 0. The van der Waals surface area contributed by atoms with Gasteiger partial charge in [0.1, 0.15) is 18.0 Å². The molecule has 0 bridgehead atoms. The van der Waals surface area contributed by atoms with E-state index in [1.165, 1.54) is 30.6 Å². The summed E-state index contributed by atoms with van der Waals surface area (Å²) in [6, 6.07) is 1.01. The molecule has 2 atom stereocenters. The summed E-state index contributed by atoms with van der Waals surface area (Å²) in [6.45, 7) is 7.63. The molecule has 3 aliphatic rings. The summed E-state index contributed by atoms with van der Waals surface area (Å²) in [5.41, 5.74) is 1.71. The van der Waals surface area contributed by atoms with Crippen LogP contribution in [-0.2, 0) is 5.41 Å². The van der Waals surface area contributed by atoms with Gasteiger partial charge in [0.2, 0.25) is 0 Å². The van der Waals surface area contributed by atoms with Crippen LogP contribution in [0.15, 0.2) is 6.33 Å². The molecule has 0 aromatic carbocycles. The Kier molecular flexibility index (Phi) is 2.67. The van der Waals surface area contributed by atoms with Crippen molar-refractivity contribution in [3.63, 3.8) is 0 Å².